The number of anilines is 1. The summed E-state index contributed by atoms with van der Waals surface area (Å²) in [5.74, 6) is 0.183. The maximum absolute atomic E-state index is 11.8. The molecular formula is C10H12F2N2O. The van der Waals surface area contributed by atoms with Crippen LogP contribution in [-0.2, 0) is 0 Å². The average molecular weight is 214 g/mol. The van der Waals surface area contributed by atoms with E-state index in [9.17, 15) is 8.78 Å². The first-order chi connectivity index (χ1) is 7.24. The first kappa shape index (κ1) is 10.2. The molecule has 2 rings (SSSR count). The number of benzene rings is 1. The highest BCUT2D eigenvalue weighted by Gasteiger charge is 2.15. The van der Waals surface area contributed by atoms with Crippen LogP contribution in [0.15, 0.2) is 24.3 Å². The van der Waals surface area contributed by atoms with Crippen LogP contribution in [-0.4, -0.2) is 25.7 Å². The highest BCUT2D eigenvalue weighted by molar-refractivity contribution is 5.47. The third-order valence-corrected chi connectivity index (χ3v) is 2.23. The molecule has 1 aliphatic rings. The Morgan fingerprint density at radius 1 is 1.27 bits per heavy atom. The molecule has 0 unspecified atom stereocenters. The van der Waals surface area contributed by atoms with Crippen LogP contribution in [0.25, 0.3) is 0 Å². The number of ether oxygens (including phenoxy) is 1. The second-order valence-electron chi connectivity index (χ2n) is 3.40. The van der Waals surface area contributed by atoms with Gasteiger partial charge in [0.25, 0.3) is 0 Å². The number of rotatable bonds is 4. The van der Waals surface area contributed by atoms with Crippen molar-refractivity contribution in [3.63, 3.8) is 0 Å². The Bertz CT molecular complexity index is 312. The number of nitrogens with one attached hydrogen (secondary N) is 2. The van der Waals surface area contributed by atoms with Gasteiger partial charge in [-0.1, -0.05) is 0 Å². The monoisotopic (exact) mass is 214 g/mol. The van der Waals surface area contributed by atoms with Crippen LogP contribution in [0.2, 0.25) is 0 Å². The smallest absolute Gasteiger partial charge is 0.387 e. The summed E-state index contributed by atoms with van der Waals surface area (Å²) < 4.78 is 27.9. The molecule has 82 valence electrons. The number of halogens is 2. The van der Waals surface area contributed by atoms with E-state index in [2.05, 4.69) is 15.4 Å². The average Bonchev–Trinajstić information content (AvgIpc) is 2.13. The molecule has 5 heteroatoms. The van der Waals surface area contributed by atoms with E-state index in [0.717, 1.165) is 18.8 Å². The van der Waals surface area contributed by atoms with Crippen molar-refractivity contribution in [1.82, 2.24) is 5.32 Å². The largest absolute Gasteiger partial charge is 0.435 e. The van der Waals surface area contributed by atoms with E-state index in [1.807, 2.05) is 0 Å². The van der Waals surface area contributed by atoms with Gasteiger partial charge in [0.05, 0.1) is 6.04 Å². The number of hydrogen-bond acceptors (Lipinski definition) is 3. The van der Waals surface area contributed by atoms with Crippen LogP contribution < -0.4 is 15.4 Å². The molecule has 0 atom stereocenters. The van der Waals surface area contributed by atoms with Crippen molar-refractivity contribution in [2.45, 2.75) is 12.7 Å². The van der Waals surface area contributed by atoms with E-state index in [-0.39, 0.29) is 5.75 Å². The molecule has 0 radical (unpaired) electrons. The fourth-order valence-electron chi connectivity index (χ4n) is 1.36. The molecule has 0 aliphatic carbocycles. The Labute approximate surface area is 86.4 Å². The minimum atomic E-state index is -2.76. The van der Waals surface area contributed by atoms with Crippen molar-refractivity contribution in [2.75, 3.05) is 18.4 Å². The second-order valence-corrected chi connectivity index (χ2v) is 3.40. The number of alkyl halides is 2. The molecule has 15 heavy (non-hydrogen) atoms. The molecule has 0 bridgehead atoms. The van der Waals surface area contributed by atoms with Crippen LogP contribution in [0.1, 0.15) is 0 Å². The van der Waals surface area contributed by atoms with Gasteiger partial charge in [0.15, 0.2) is 0 Å². The van der Waals surface area contributed by atoms with Crippen molar-refractivity contribution in [3.8, 4) is 5.75 Å². The lowest BCUT2D eigenvalue weighted by Crippen LogP contribution is -2.51. The van der Waals surface area contributed by atoms with E-state index in [1.54, 1.807) is 12.1 Å². The van der Waals surface area contributed by atoms with E-state index >= 15 is 0 Å². The van der Waals surface area contributed by atoms with Crippen molar-refractivity contribution in [2.24, 2.45) is 0 Å². The SMILES string of the molecule is FC(F)Oc1ccc(NC2CNC2)cc1. The van der Waals surface area contributed by atoms with Crippen molar-refractivity contribution >= 4 is 5.69 Å². The van der Waals surface area contributed by atoms with Gasteiger partial charge in [-0.15, -0.1) is 0 Å². The minimum Gasteiger partial charge on any atom is -0.435 e. The Balaban J connectivity index is 1.91. The number of hydrogen-bond donors (Lipinski definition) is 2. The third kappa shape index (κ3) is 2.79. The molecule has 1 fully saturated rings. The zero-order valence-electron chi connectivity index (χ0n) is 8.04. The Morgan fingerprint density at radius 2 is 1.93 bits per heavy atom. The van der Waals surface area contributed by atoms with Gasteiger partial charge < -0.3 is 15.4 Å². The van der Waals surface area contributed by atoms with Crippen LogP contribution >= 0.6 is 0 Å². The minimum absolute atomic E-state index is 0.183. The first-order valence-electron chi connectivity index (χ1n) is 4.76. The summed E-state index contributed by atoms with van der Waals surface area (Å²) in [6.45, 7) is -0.885. The van der Waals surface area contributed by atoms with Crippen LogP contribution in [0, 0.1) is 0 Å². The molecule has 0 saturated carbocycles. The second kappa shape index (κ2) is 4.44. The summed E-state index contributed by atoms with van der Waals surface area (Å²) in [5.41, 5.74) is 0.920. The zero-order chi connectivity index (χ0) is 10.7. The molecule has 1 saturated heterocycles. The fraction of sp³-hybridized carbons (Fsp3) is 0.400. The molecule has 1 heterocycles. The van der Waals surface area contributed by atoms with Gasteiger partial charge in [0, 0.05) is 18.8 Å². The van der Waals surface area contributed by atoms with E-state index in [1.165, 1.54) is 12.1 Å². The van der Waals surface area contributed by atoms with Crippen molar-refractivity contribution in [3.05, 3.63) is 24.3 Å². The Hall–Kier alpha value is -1.36. The predicted octanol–water partition coefficient (Wildman–Crippen LogP) is 1.67. The Morgan fingerprint density at radius 3 is 2.40 bits per heavy atom. The fourth-order valence-corrected chi connectivity index (χ4v) is 1.36. The lowest BCUT2D eigenvalue weighted by Gasteiger charge is -2.28. The van der Waals surface area contributed by atoms with E-state index < -0.39 is 6.61 Å². The lowest BCUT2D eigenvalue weighted by molar-refractivity contribution is -0.0498. The summed E-state index contributed by atoms with van der Waals surface area (Å²) in [6.07, 6.45) is 0. The summed E-state index contributed by atoms with van der Waals surface area (Å²) in [4.78, 5) is 0. The van der Waals surface area contributed by atoms with Crippen LogP contribution in [0.3, 0.4) is 0 Å². The topological polar surface area (TPSA) is 33.3 Å². The third-order valence-electron chi connectivity index (χ3n) is 2.23. The van der Waals surface area contributed by atoms with Crippen molar-refractivity contribution < 1.29 is 13.5 Å². The molecule has 0 aromatic heterocycles. The Kier molecular flexibility index (Phi) is 3.01. The van der Waals surface area contributed by atoms with Gasteiger partial charge in [-0.05, 0) is 24.3 Å². The lowest BCUT2D eigenvalue weighted by atomic mass is 10.1. The molecule has 1 aromatic rings. The molecule has 0 spiro atoms. The summed E-state index contributed by atoms with van der Waals surface area (Å²) >= 11 is 0. The van der Waals surface area contributed by atoms with Gasteiger partial charge in [-0.2, -0.15) is 8.78 Å². The normalized spacial score (nSPS) is 16.2. The maximum atomic E-state index is 11.8. The first-order valence-corrected chi connectivity index (χ1v) is 4.76. The van der Waals surface area contributed by atoms with Crippen LogP contribution in [0.4, 0.5) is 14.5 Å². The standard InChI is InChI=1S/C10H12F2N2O/c11-10(12)15-9-3-1-7(2-4-9)14-8-5-13-6-8/h1-4,8,10,13-14H,5-6H2. The van der Waals surface area contributed by atoms with Gasteiger partial charge >= 0.3 is 6.61 Å². The molecule has 3 nitrogen and oxygen atoms in total. The van der Waals surface area contributed by atoms with Crippen LogP contribution in [0.5, 0.6) is 5.75 Å². The molecule has 1 aliphatic heterocycles. The van der Waals surface area contributed by atoms with Crippen molar-refractivity contribution in [1.29, 1.82) is 0 Å². The molecular weight excluding hydrogens is 202 g/mol. The highest BCUT2D eigenvalue weighted by Crippen LogP contribution is 2.18. The highest BCUT2D eigenvalue weighted by atomic mass is 19.3. The van der Waals surface area contributed by atoms with Gasteiger partial charge in [-0.25, -0.2) is 0 Å². The zero-order valence-corrected chi connectivity index (χ0v) is 8.04. The predicted molar refractivity (Wildman–Crippen MR) is 53.4 cm³/mol. The van der Waals surface area contributed by atoms with E-state index in [4.69, 9.17) is 0 Å². The molecule has 0 amide bonds. The summed E-state index contributed by atoms with van der Waals surface area (Å²) in [5, 5.41) is 6.39. The summed E-state index contributed by atoms with van der Waals surface area (Å²) in [6, 6.07) is 6.96. The molecule has 2 N–H and O–H groups in total. The molecule has 1 aromatic carbocycles. The van der Waals surface area contributed by atoms with Gasteiger partial charge in [0.1, 0.15) is 5.75 Å². The summed E-state index contributed by atoms with van der Waals surface area (Å²) in [7, 11) is 0. The van der Waals surface area contributed by atoms with Gasteiger partial charge in [-0.3, -0.25) is 0 Å². The quantitative estimate of drug-likeness (QED) is 0.799. The maximum Gasteiger partial charge on any atom is 0.387 e. The van der Waals surface area contributed by atoms with Gasteiger partial charge in [0.2, 0.25) is 0 Å². The van der Waals surface area contributed by atoms with E-state index in [0.29, 0.717) is 6.04 Å².